The molecule has 10 heteroatoms. The normalized spacial score (nSPS) is 14.7. The van der Waals surface area contributed by atoms with Crippen LogP contribution in [0.25, 0.3) is 0 Å². The molecule has 0 aliphatic carbocycles. The van der Waals surface area contributed by atoms with Crippen LogP contribution in [0.5, 0.6) is 0 Å². The van der Waals surface area contributed by atoms with E-state index in [0.29, 0.717) is 10.8 Å². The van der Waals surface area contributed by atoms with Gasteiger partial charge in [0.1, 0.15) is 12.7 Å². The molecule has 0 amide bonds. The Morgan fingerprint density at radius 1 is 1.41 bits per heavy atom. The number of hydrogen-bond acceptors (Lipinski definition) is 6. The second kappa shape index (κ2) is 11.3. The monoisotopic (exact) mass is 459 g/mol. The third kappa shape index (κ3) is 7.81. The van der Waals surface area contributed by atoms with E-state index in [1.54, 1.807) is 25.1 Å². The van der Waals surface area contributed by atoms with Crippen molar-refractivity contribution in [2.75, 3.05) is 25.0 Å². The van der Waals surface area contributed by atoms with Gasteiger partial charge in [-0.1, -0.05) is 29.8 Å². The molecule has 1 fully saturated rings. The summed E-state index contributed by atoms with van der Waals surface area (Å²) in [5.74, 6) is -1.20. The summed E-state index contributed by atoms with van der Waals surface area (Å²) in [6.07, 6.45) is 1.33. The van der Waals surface area contributed by atoms with Gasteiger partial charge < -0.3 is 14.8 Å². The van der Waals surface area contributed by atoms with Crippen LogP contribution in [-0.4, -0.2) is 47.9 Å². The number of thiocarbonyl (C=S) groups is 1. The smallest absolute Gasteiger partial charge is 0.340 e. The predicted octanol–water partition coefficient (Wildman–Crippen LogP) is 3.87. The number of halogens is 2. The summed E-state index contributed by atoms with van der Waals surface area (Å²) in [6.45, 7) is 6.59. The molecule has 1 aromatic carbocycles. The van der Waals surface area contributed by atoms with Crippen molar-refractivity contribution in [3.8, 4) is 0 Å². The van der Waals surface area contributed by atoms with Crippen LogP contribution in [0.15, 0.2) is 29.8 Å². The zero-order chi connectivity index (χ0) is 21.4. The molecule has 1 saturated heterocycles. The predicted molar refractivity (Wildman–Crippen MR) is 117 cm³/mol. The van der Waals surface area contributed by atoms with E-state index in [2.05, 4.69) is 17.3 Å². The molecular weight excluding hydrogens is 437 g/mol. The molecule has 0 saturated carbocycles. The van der Waals surface area contributed by atoms with E-state index < -0.39 is 18.0 Å². The molecule has 2 N–H and O–H groups in total. The minimum Gasteiger partial charge on any atom is -0.460 e. The number of nitrogens with one attached hydrogen (secondary N) is 2. The van der Waals surface area contributed by atoms with Gasteiger partial charge in [0.2, 0.25) is 0 Å². The van der Waals surface area contributed by atoms with E-state index in [1.807, 2.05) is 5.01 Å². The van der Waals surface area contributed by atoms with Crippen molar-refractivity contribution >= 4 is 58.2 Å². The van der Waals surface area contributed by atoms with Crippen molar-refractivity contribution in [2.24, 2.45) is 0 Å². The average Bonchev–Trinajstić information content (AvgIpc) is 2.68. The van der Waals surface area contributed by atoms with Gasteiger partial charge in [-0.3, -0.25) is 9.80 Å². The number of rotatable bonds is 7. The highest BCUT2D eigenvalue weighted by Gasteiger charge is 2.20. The number of hydrogen-bond donors (Lipinski definition) is 2. The number of benzene rings is 1. The first kappa shape index (κ1) is 23.4. The van der Waals surface area contributed by atoms with Gasteiger partial charge in [0.15, 0.2) is 5.11 Å². The summed E-state index contributed by atoms with van der Waals surface area (Å²) in [5, 5.41) is 5.88. The van der Waals surface area contributed by atoms with E-state index in [0.717, 1.165) is 25.9 Å². The molecule has 1 unspecified atom stereocenters. The van der Waals surface area contributed by atoms with Gasteiger partial charge in [-0.15, -0.1) is 0 Å². The molecule has 1 aromatic rings. The van der Waals surface area contributed by atoms with E-state index in [-0.39, 0.29) is 28.6 Å². The third-order valence-corrected chi connectivity index (χ3v) is 4.71. The molecule has 0 spiro atoms. The number of esters is 2. The fourth-order valence-electron chi connectivity index (χ4n) is 2.55. The number of hydrazine groups is 1. The quantitative estimate of drug-likeness (QED) is 0.469. The van der Waals surface area contributed by atoms with Crippen molar-refractivity contribution in [1.82, 2.24) is 10.4 Å². The second-order valence-corrected chi connectivity index (χ2v) is 7.82. The maximum absolute atomic E-state index is 12.5. The molecule has 1 atom stereocenters. The number of nitrogens with zero attached hydrogens (tertiary/aromatic N) is 1. The lowest BCUT2D eigenvalue weighted by atomic mass is 10.2. The van der Waals surface area contributed by atoms with Crippen LogP contribution in [0, 0.1) is 0 Å². The van der Waals surface area contributed by atoms with Crippen molar-refractivity contribution in [1.29, 1.82) is 0 Å². The van der Waals surface area contributed by atoms with E-state index in [9.17, 15) is 9.59 Å². The van der Waals surface area contributed by atoms with Crippen molar-refractivity contribution in [2.45, 2.75) is 32.3 Å². The Kier molecular flexibility index (Phi) is 9.16. The molecule has 2 rings (SSSR count). The first-order valence-corrected chi connectivity index (χ1v) is 10.2. The summed E-state index contributed by atoms with van der Waals surface area (Å²) < 4.78 is 10.2. The molecule has 1 aliphatic rings. The molecule has 158 valence electrons. The lowest BCUT2D eigenvalue weighted by Crippen LogP contribution is -2.48. The Hall–Kier alpha value is -1.87. The first-order chi connectivity index (χ1) is 13.8. The molecule has 29 heavy (non-hydrogen) atoms. The summed E-state index contributed by atoms with van der Waals surface area (Å²) in [6, 6.07) is 4.86. The highest BCUT2D eigenvalue weighted by molar-refractivity contribution is 7.80. The molecule has 7 nitrogen and oxygen atoms in total. The molecule has 1 heterocycles. The maximum Gasteiger partial charge on any atom is 0.340 e. The van der Waals surface area contributed by atoms with Gasteiger partial charge in [-0.05, 0) is 50.2 Å². The minimum absolute atomic E-state index is 0.0909. The van der Waals surface area contributed by atoms with Crippen LogP contribution in [0.2, 0.25) is 5.02 Å². The zero-order valence-corrected chi connectivity index (χ0v) is 18.3. The van der Waals surface area contributed by atoms with Gasteiger partial charge in [-0.2, -0.15) is 0 Å². The SMILES string of the molecule is C=C(Cl)COC(=O)CC(C)OC(=O)c1cc(NC(=S)N2CCCCN2)ccc1Cl. The number of carbonyl (C=O) groups excluding carboxylic acids is 2. The largest absolute Gasteiger partial charge is 0.460 e. The average molecular weight is 460 g/mol. The number of anilines is 1. The van der Waals surface area contributed by atoms with Gasteiger partial charge >= 0.3 is 11.9 Å². The van der Waals surface area contributed by atoms with Crippen LogP contribution < -0.4 is 10.7 Å². The Bertz CT molecular complexity index is 785. The summed E-state index contributed by atoms with van der Waals surface area (Å²) >= 11 is 17.1. The minimum atomic E-state index is -0.704. The lowest BCUT2D eigenvalue weighted by molar-refractivity contribution is -0.144. The molecule has 0 bridgehead atoms. The van der Waals surface area contributed by atoms with Crippen LogP contribution in [-0.2, 0) is 14.3 Å². The molecule has 0 aromatic heterocycles. The van der Waals surface area contributed by atoms with Gasteiger partial charge in [-0.25, -0.2) is 10.2 Å². The fourth-order valence-corrected chi connectivity index (χ4v) is 3.08. The van der Waals surface area contributed by atoms with E-state index in [1.165, 1.54) is 0 Å². The molecule has 1 aliphatic heterocycles. The topological polar surface area (TPSA) is 79.9 Å². The van der Waals surface area contributed by atoms with Crippen LogP contribution in [0.4, 0.5) is 5.69 Å². The van der Waals surface area contributed by atoms with Gasteiger partial charge in [0, 0.05) is 23.8 Å². The lowest BCUT2D eigenvalue weighted by Gasteiger charge is -2.30. The van der Waals surface area contributed by atoms with Crippen molar-refractivity contribution < 1.29 is 19.1 Å². The van der Waals surface area contributed by atoms with Crippen LogP contribution >= 0.6 is 35.4 Å². The number of carbonyl (C=O) groups is 2. The Morgan fingerprint density at radius 2 is 2.17 bits per heavy atom. The first-order valence-electron chi connectivity index (χ1n) is 9.07. The van der Waals surface area contributed by atoms with Crippen LogP contribution in [0.1, 0.15) is 36.5 Å². The second-order valence-electron chi connectivity index (χ2n) is 6.49. The Labute approximate surface area is 185 Å². The summed E-state index contributed by atoms with van der Waals surface area (Å²) in [4.78, 5) is 24.2. The molecule has 0 radical (unpaired) electrons. The number of ether oxygens (including phenoxy) is 2. The third-order valence-electron chi connectivity index (χ3n) is 3.95. The summed E-state index contributed by atoms with van der Waals surface area (Å²) in [7, 11) is 0. The van der Waals surface area contributed by atoms with Crippen molar-refractivity contribution in [3.63, 3.8) is 0 Å². The Balaban J connectivity index is 1.95. The van der Waals surface area contributed by atoms with Gasteiger partial charge in [0.25, 0.3) is 0 Å². The fraction of sp³-hybridized carbons (Fsp3) is 0.421. The highest BCUT2D eigenvalue weighted by Crippen LogP contribution is 2.23. The zero-order valence-electron chi connectivity index (χ0n) is 16.0. The van der Waals surface area contributed by atoms with Crippen molar-refractivity contribution in [3.05, 3.63) is 40.4 Å². The van der Waals surface area contributed by atoms with Crippen LogP contribution in [0.3, 0.4) is 0 Å². The summed E-state index contributed by atoms with van der Waals surface area (Å²) in [5.41, 5.74) is 3.97. The van der Waals surface area contributed by atoms with E-state index in [4.69, 9.17) is 44.9 Å². The maximum atomic E-state index is 12.5. The standard InChI is InChI=1S/C19H23Cl2N3O4S/c1-12(20)11-27-17(25)9-13(2)28-18(26)15-10-14(5-6-16(15)21)23-19(29)24-8-4-3-7-22-24/h5-6,10,13,22H,1,3-4,7-9,11H2,2H3,(H,23,29). The Morgan fingerprint density at radius 3 is 2.83 bits per heavy atom. The molecular formula is C19H23Cl2N3O4S. The van der Waals surface area contributed by atoms with Gasteiger partial charge in [0.05, 0.1) is 17.0 Å². The highest BCUT2D eigenvalue weighted by atomic mass is 35.5. The van der Waals surface area contributed by atoms with E-state index >= 15 is 0 Å².